The first-order chi connectivity index (χ1) is 17.3. The maximum Gasteiger partial charge on any atom is 0.282 e. The van der Waals surface area contributed by atoms with Gasteiger partial charge in [-0.3, -0.25) is 4.79 Å². The summed E-state index contributed by atoms with van der Waals surface area (Å²) in [6, 6.07) is 16.6. The molecule has 3 aromatic carbocycles. The Morgan fingerprint density at radius 3 is 2.67 bits per heavy atom. The van der Waals surface area contributed by atoms with Crippen LogP contribution in [0.15, 0.2) is 73.4 Å². The van der Waals surface area contributed by atoms with Crippen molar-refractivity contribution in [1.29, 1.82) is 0 Å². The molecule has 0 saturated carbocycles. The SMILES string of the molecule is CC[C@@H](C)c1nc2ccc(Br)cc2c(=O)n1N=Cc1cc(Br)c(OCc2ccccc2Cl)c(OC)c1. The van der Waals surface area contributed by atoms with Gasteiger partial charge in [0.2, 0.25) is 0 Å². The van der Waals surface area contributed by atoms with E-state index >= 15 is 0 Å². The summed E-state index contributed by atoms with van der Waals surface area (Å²) in [7, 11) is 1.57. The van der Waals surface area contributed by atoms with E-state index in [0.29, 0.717) is 37.7 Å². The van der Waals surface area contributed by atoms with E-state index in [0.717, 1.165) is 22.0 Å². The van der Waals surface area contributed by atoms with Crippen LogP contribution >= 0.6 is 43.5 Å². The van der Waals surface area contributed by atoms with Gasteiger partial charge < -0.3 is 9.47 Å². The molecule has 0 unspecified atom stereocenters. The molecule has 186 valence electrons. The minimum Gasteiger partial charge on any atom is -0.493 e. The van der Waals surface area contributed by atoms with Crippen molar-refractivity contribution in [2.45, 2.75) is 32.8 Å². The topological polar surface area (TPSA) is 65.7 Å². The van der Waals surface area contributed by atoms with Crippen LogP contribution in [-0.4, -0.2) is 23.0 Å². The number of fused-ring (bicyclic) bond motifs is 1. The van der Waals surface area contributed by atoms with E-state index in [-0.39, 0.29) is 18.1 Å². The molecule has 4 rings (SSSR count). The summed E-state index contributed by atoms with van der Waals surface area (Å²) in [4.78, 5) is 18.1. The molecule has 1 atom stereocenters. The van der Waals surface area contributed by atoms with Gasteiger partial charge in [0.25, 0.3) is 5.56 Å². The van der Waals surface area contributed by atoms with Crippen molar-refractivity contribution in [2.75, 3.05) is 7.11 Å². The number of rotatable bonds is 8. The Morgan fingerprint density at radius 1 is 1.17 bits per heavy atom. The number of methoxy groups -OCH3 is 1. The maximum absolute atomic E-state index is 13.4. The molecule has 0 bridgehead atoms. The van der Waals surface area contributed by atoms with Gasteiger partial charge in [-0.15, -0.1) is 0 Å². The highest BCUT2D eigenvalue weighted by atomic mass is 79.9. The van der Waals surface area contributed by atoms with Crippen molar-refractivity contribution < 1.29 is 9.47 Å². The van der Waals surface area contributed by atoms with Crippen LogP contribution in [0.5, 0.6) is 11.5 Å². The van der Waals surface area contributed by atoms with Gasteiger partial charge in [0, 0.05) is 21.0 Å². The Morgan fingerprint density at radius 2 is 1.94 bits per heavy atom. The quantitative estimate of drug-likeness (QED) is 0.188. The van der Waals surface area contributed by atoms with Crippen molar-refractivity contribution in [2.24, 2.45) is 5.10 Å². The van der Waals surface area contributed by atoms with Gasteiger partial charge in [0.05, 0.1) is 28.7 Å². The summed E-state index contributed by atoms with van der Waals surface area (Å²) in [6.07, 6.45) is 2.44. The molecule has 9 heteroatoms. The fourth-order valence-electron chi connectivity index (χ4n) is 3.62. The van der Waals surface area contributed by atoms with Gasteiger partial charge in [-0.25, -0.2) is 4.98 Å². The highest BCUT2D eigenvalue weighted by Gasteiger charge is 2.16. The lowest BCUT2D eigenvalue weighted by Crippen LogP contribution is -2.23. The molecular formula is C27H24Br2ClN3O3. The van der Waals surface area contributed by atoms with Crippen LogP contribution < -0.4 is 15.0 Å². The van der Waals surface area contributed by atoms with Crippen LogP contribution in [0.4, 0.5) is 0 Å². The summed E-state index contributed by atoms with van der Waals surface area (Å²) in [5.41, 5.74) is 2.01. The molecule has 0 radical (unpaired) electrons. The molecule has 1 aromatic heterocycles. The Hall–Kier alpha value is -2.68. The Balaban J connectivity index is 1.71. The number of aromatic nitrogens is 2. The minimum absolute atomic E-state index is 0.0461. The summed E-state index contributed by atoms with van der Waals surface area (Å²) in [5, 5.41) is 5.67. The number of hydrogen-bond acceptors (Lipinski definition) is 5. The average Bonchev–Trinajstić information content (AvgIpc) is 2.87. The summed E-state index contributed by atoms with van der Waals surface area (Å²) in [5.74, 6) is 1.72. The maximum atomic E-state index is 13.4. The molecule has 0 amide bonds. The van der Waals surface area contributed by atoms with E-state index in [2.05, 4.69) is 43.9 Å². The minimum atomic E-state index is -0.224. The highest BCUT2D eigenvalue weighted by Crippen LogP contribution is 2.37. The monoisotopic (exact) mass is 631 g/mol. The Bertz CT molecular complexity index is 1500. The number of halogens is 3. The molecule has 0 aliphatic rings. The van der Waals surface area contributed by atoms with Crippen molar-refractivity contribution in [3.05, 3.63) is 95.9 Å². The number of ether oxygens (including phenoxy) is 2. The lowest BCUT2D eigenvalue weighted by atomic mass is 10.1. The predicted octanol–water partition coefficient (Wildman–Crippen LogP) is 7.56. The van der Waals surface area contributed by atoms with Crippen LogP contribution in [0.2, 0.25) is 5.02 Å². The summed E-state index contributed by atoms with van der Waals surface area (Å²) < 4.78 is 14.5. The molecule has 6 nitrogen and oxygen atoms in total. The van der Waals surface area contributed by atoms with Gasteiger partial charge in [-0.1, -0.05) is 59.6 Å². The van der Waals surface area contributed by atoms with E-state index < -0.39 is 0 Å². The van der Waals surface area contributed by atoms with Crippen molar-refractivity contribution in [3.63, 3.8) is 0 Å². The molecule has 0 saturated heterocycles. The average molecular weight is 634 g/mol. The number of nitrogens with zero attached hydrogens (tertiary/aromatic N) is 3. The van der Waals surface area contributed by atoms with Crippen LogP contribution in [0.3, 0.4) is 0 Å². The van der Waals surface area contributed by atoms with E-state index in [1.807, 2.05) is 49.4 Å². The molecule has 36 heavy (non-hydrogen) atoms. The highest BCUT2D eigenvalue weighted by molar-refractivity contribution is 9.10. The van der Waals surface area contributed by atoms with Crippen molar-refractivity contribution in [3.8, 4) is 11.5 Å². The van der Waals surface area contributed by atoms with Crippen molar-refractivity contribution in [1.82, 2.24) is 9.66 Å². The van der Waals surface area contributed by atoms with Gasteiger partial charge in [-0.2, -0.15) is 9.78 Å². The van der Waals surface area contributed by atoms with Gasteiger partial charge in [0.15, 0.2) is 11.5 Å². The van der Waals surface area contributed by atoms with Crippen LogP contribution in [0, 0.1) is 0 Å². The Labute approximate surface area is 231 Å². The first-order valence-electron chi connectivity index (χ1n) is 11.3. The molecule has 0 N–H and O–H groups in total. The fraction of sp³-hybridized carbons (Fsp3) is 0.222. The molecule has 1 heterocycles. The summed E-state index contributed by atoms with van der Waals surface area (Å²) >= 11 is 13.3. The third-order valence-corrected chi connectivity index (χ3v) is 7.24. The fourth-order valence-corrected chi connectivity index (χ4v) is 4.75. The summed E-state index contributed by atoms with van der Waals surface area (Å²) in [6.45, 7) is 4.37. The van der Waals surface area contributed by atoms with Crippen LogP contribution in [-0.2, 0) is 6.61 Å². The lowest BCUT2D eigenvalue weighted by molar-refractivity contribution is 0.282. The van der Waals surface area contributed by atoms with Gasteiger partial charge in [-0.05, 0) is 64.3 Å². The largest absolute Gasteiger partial charge is 0.493 e. The number of hydrogen-bond donors (Lipinski definition) is 0. The van der Waals surface area contributed by atoms with Gasteiger partial charge >= 0.3 is 0 Å². The third-order valence-electron chi connectivity index (χ3n) is 5.79. The lowest BCUT2D eigenvalue weighted by Gasteiger charge is -2.15. The Kier molecular flexibility index (Phi) is 8.49. The second kappa shape index (κ2) is 11.6. The first-order valence-corrected chi connectivity index (χ1v) is 13.3. The van der Waals surface area contributed by atoms with E-state index in [9.17, 15) is 4.79 Å². The smallest absolute Gasteiger partial charge is 0.282 e. The molecule has 4 aromatic rings. The van der Waals surface area contributed by atoms with Crippen LogP contribution in [0.1, 0.15) is 43.1 Å². The van der Waals surface area contributed by atoms with Crippen molar-refractivity contribution >= 4 is 60.6 Å². The predicted molar refractivity (Wildman–Crippen MR) is 152 cm³/mol. The zero-order chi connectivity index (χ0) is 25.8. The molecule has 0 aliphatic carbocycles. The second-order valence-corrected chi connectivity index (χ2v) is 10.4. The molecule has 0 aliphatic heterocycles. The van der Waals surface area contributed by atoms with E-state index in [1.54, 1.807) is 25.5 Å². The van der Waals surface area contributed by atoms with E-state index in [4.69, 9.17) is 26.1 Å². The third kappa shape index (κ3) is 5.66. The molecular weight excluding hydrogens is 610 g/mol. The van der Waals surface area contributed by atoms with E-state index in [1.165, 1.54) is 4.68 Å². The zero-order valence-electron chi connectivity index (χ0n) is 20.0. The first kappa shape index (κ1) is 26.4. The number of benzene rings is 3. The molecule has 0 spiro atoms. The zero-order valence-corrected chi connectivity index (χ0v) is 23.9. The molecule has 0 fully saturated rings. The van der Waals surface area contributed by atoms with Gasteiger partial charge in [0.1, 0.15) is 12.4 Å². The second-order valence-electron chi connectivity index (χ2n) is 8.22. The van der Waals surface area contributed by atoms with Crippen LogP contribution in [0.25, 0.3) is 10.9 Å². The normalized spacial score (nSPS) is 12.3. The standard InChI is InChI=1S/C27H24Br2ClN3O3/c1-4-16(2)26-32-23-10-9-19(28)13-20(23)27(34)33(26)31-14-17-11-21(29)25(24(12-17)35-3)36-15-18-7-5-6-8-22(18)30/h5-14,16H,4,15H2,1-3H3/t16-/m1/s1.